The van der Waals surface area contributed by atoms with Gasteiger partial charge in [0.25, 0.3) is 5.89 Å². The third-order valence-corrected chi connectivity index (χ3v) is 3.84. The first-order valence-corrected chi connectivity index (χ1v) is 7.21. The molecule has 0 saturated carbocycles. The number of likely N-dealkylation sites (N-methyl/N-ethyl adjacent to an activating group) is 1. The summed E-state index contributed by atoms with van der Waals surface area (Å²) >= 11 is 0. The van der Waals surface area contributed by atoms with Crippen molar-refractivity contribution in [1.29, 1.82) is 0 Å². The second-order valence-corrected chi connectivity index (χ2v) is 5.28. The molecule has 1 aliphatic rings. The largest absolute Gasteiger partial charge is 0.399 e. The second kappa shape index (κ2) is 5.83. The Hall–Kier alpha value is -1.92. The van der Waals surface area contributed by atoms with Crippen LogP contribution in [0.1, 0.15) is 24.4 Å². The van der Waals surface area contributed by atoms with Gasteiger partial charge < -0.3 is 15.0 Å². The summed E-state index contributed by atoms with van der Waals surface area (Å²) in [6, 6.07) is 5.69. The SMILES string of the molecule is CCN1CCOC(c2noc(-c3ccc(N)c(C)c3)n2)C1. The molecule has 21 heavy (non-hydrogen) atoms. The average Bonchev–Trinajstić information content (AvgIpc) is 3.00. The van der Waals surface area contributed by atoms with Gasteiger partial charge in [-0.2, -0.15) is 4.98 Å². The number of aromatic nitrogens is 2. The van der Waals surface area contributed by atoms with E-state index in [-0.39, 0.29) is 6.10 Å². The van der Waals surface area contributed by atoms with Crippen LogP contribution in [-0.2, 0) is 4.74 Å². The first kappa shape index (κ1) is 14.0. The maximum atomic E-state index is 5.83. The van der Waals surface area contributed by atoms with E-state index in [2.05, 4.69) is 22.0 Å². The van der Waals surface area contributed by atoms with E-state index in [4.69, 9.17) is 15.0 Å². The van der Waals surface area contributed by atoms with Gasteiger partial charge in [-0.25, -0.2) is 0 Å². The summed E-state index contributed by atoms with van der Waals surface area (Å²) in [7, 11) is 0. The van der Waals surface area contributed by atoms with Crippen molar-refractivity contribution in [2.45, 2.75) is 20.0 Å². The summed E-state index contributed by atoms with van der Waals surface area (Å²) in [6.45, 7) is 7.55. The van der Waals surface area contributed by atoms with Gasteiger partial charge in [-0.1, -0.05) is 12.1 Å². The normalized spacial score (nSPS) is 19.8. The molecule has 0 bridgehead atoms. The zero-order valence-corrected chi connectivity index (χ0v) is 12.4. The predicted octanol–water partition coefficient (Wildman–Crippen LogP) is 2.02. The fourth-order valence-corrected chi connectivity index (χ4v) is 2.44. The van der Waals surface area contributed by atoms with Crippen molar-refractivity contribution in [2.24, 2.45) is 0 Å². The van der Waals surface area contributed by atoms with E-state index >= 15 is 0 Å². The van der Waals surface area contributed by atoms with Crippen molar-refractivity contribution >= 4 is 5.69 Å². The predicted molar refractivity (Wildman–Crippen MR) is 79.7 cm³/mol. The highest BCUT2D eigenvalue weighted by Gasteiger charge is 2.25. The molecule has 1 atom stereocenters. The molecule has 0 aliphatic carbocycles. The van der Waals surface area contributed by atoms with E-state index in [1.807, 2.05) is 25.1 Å². The third kappa shape index (κ3) is 2.91. The lowest BCUT2D eigenvalue weighted by atomic mass is 10.1. The van der Waals surface area contributed by atoms with Crippen LogP contribution < -0.4 is 5.73 Å². The van der Waals surface area contributed by atoms with Gasteiger partial charge >= 0.3 is 0 Å². The van der Waals surface area contributed by atoms with E-state index in [0.29, 0.717) is 18.3 Å². The molecule has 6 heteroatoms. The van der Waals surface area contributed by atoms with Gasteiger partial charge in [0, 0.05) is 24.3 Å². The Labute approximate surface area is 123 Å². The third-order valence-electron chi connectivity index (χ3n) is 3.84. The van der Waals surface area contributed by atoms with Gasteiger partial charge in [0.05, 0.1) is 6.61 Å². The molecule has 0 amide bonds. The van der Waals surface area contributed by atoms with Gasteiger partial charge in [-0.3, -0.25) is 4.90 Å². The minimum absolute atomic E-state index is 0.119. The van der Waals surface area contributed by atoms with Crippen LogP contribution >= 0.6 is 0 Å². The number of ether oxygens (including phenoxy) is 1. The molecule has 6 nitrogen and oxygen atoms in total. The van der Waals surface area contributed by atoms with E-state index in [1.54, 1.807) is 0 Å². The molecule has 2 aromatic rings. The molecular weight excluding hydrogens is 268 g/mol. The number of aryl methyl sites for hydroxylation is 1. The van der Waals surface area contributed by atoms with Crippen LogP contribution in [0.4, 0.5) is 5.69 Å². The summed E-state index contributed by atoms with van der Waals surface area (Å²) in [5.41, 5.74) is 8.46. The number of morpholine rings is 1. The quantitative estimate of drug-likeness (QED) is 0.871. The van der Waals surface area contributed by atoms with Crippen LogP contribution in [0, 0.1) is 6.92 Å². The van der Waals surface area contributed by atoms with Crippen LogP contribution in [0.25, 0.3) is 11.5 Å². The summed E-state index contributed by atoms with van der Waals surface area (Å²) in [4.78, 5) is 6.79. The minimum atomic E-state index is -0.119. The molecule has 1 saturated heterocycles. The summed E-state index contributed by atoms with van der Waals surface area (Å²) in [5.74, 6) is 1.11. The Morgan fingerprint density at radius 1 is 1.43 bits per heavy atom. The Balaban J connectivity index is 1.81. The summed E-state index contributed by atoms with van der Waals surface area (Å²) < 4.78 is 11.1. The van der Waals surface area contributed by atoms with Crippen LogP contribution in [0.15, 0.2) is 22.7 Å². The highest BCUT2D eigenvalue weighted by atomic mass is 16.5. The number of anilines is 1. The molecule has 2 heterocycles. The number of benzene rings is 1. The van der Waals surface area contributed by atoms with Crippen molar-refractivity contribution in [1.82, 2.24) is 15.0 Å². The van der Waals surface area contributed by atoms with E-state index in [1.165, 1.54) is 0 Å². The minimum Gasteiger partial charge on any atom is -0.399 e. The maximum Gasteiger partial charge on any atom is 0.258 e. The highest BCUT2D eigenvalue weighted by Crippen LogP contribution is 2.25. The summed E-state index contributed by atoms with van der Waals surface area (Å²) in [6.07, 6.45) is -0.119. The molecule has 112 valence electrons. The smallest absolute Gasteiger partial charge is 0.258 e. The Bertz CT molecular complexity index is 626. The van der Waals surface area contributed by atoms with Crippen molar-refractivity contribution in [3.8, 4) is 11.5 Å². The number of nitrogens with two attached hydrogens (primary N) is 1. The number of nitrogens with zero attached hydrogens (tertiary/aromatic N) is 3. The van der Waals surface area contributed by atoms with Gasteiger partial charge in [0.15, 0.2) is 0 Å². The number of rotatable bonds is 3. The average molecular weight is 288 g/mol. The zero-order chi connectivity index (χ0) is 14.8. The van der Waals surface area contributed by atoms with Crippen molar-refractivity contribution in [3.05, 3.63) is 29.6 Å². The maximum absolute atomic E-state index is 5.83. The van der Waals surface area contributed by atoms with Crippen LogP contribution in [0.3, 0.4) is 0 Å². The van der Waals surface area contributed by atoms with Crippen LogP contribution in [-0.4, -0.2) is 41.3 Å². The first-order valence-electron chi connectivity index (χ1n) is 7.21. The number of nitrogen functional groups attached to an aromatic ring is 1. The monoisotopic (exact) mass is 288 g/mol. The molecule has 1 aromatic carbocycles. The number of hydrogen-bond acceptors (Lipinski definition) is 6. The standard InChI is InChI=1S/C15H20N4O2/c1-3-19-6-7-20-13(9-19)14-17-15(21-18-14)11-4-5-12(16)10(2)8-11/h4-5,8,13H,3,6-7,9,16H2,1-2H3. The topological polar surface area (TPSA) is 77.4 Å². The van der Waals surface area contributed by atoms with Crippen molar-refractivity contribution < 1.29 is 9.26 Å². The van der Waals surface area contributed by atoms with Gasteiger partial charge in [-0.05, 0) is 37.2 Å². The fourth-order valence-electron chi connectivity index (χ4n) is 2.44. The Kier molecular flexibility index (Phi) is 3.90. The van der Waals surface area contributed by atoms with Crippen molar-refractivity contribution in [2.75, 3.05) is 32.0 Å². The van der Waals surface area contributed by atoms with E-state index in [9.17, 15) is 0 Å². The highest BCUT2D eigenvalue weighted by molar-refractivity contribution is 5.60. The molecule has 1 aromatic heterocycles. The molecule has 1 unspecified atom stereocenters. The zero-order valence-electron chi connectivity index (χ0n) is 12.4. The molecule has 2 N–H and O–H groups in total. The van der Waals surface area contributed by atoms with E-state index in [0.717, 1.165) is 36.4 Å². The molecule has 1 aliphatic heterocycles. The van der Waals surface area contributed by atoms with Crippen LogP contribution in [0.5, 0.6) is 0 Å². The van der Waals surface area contributed by atoms with E-state index < -0.39 is 0 Å². The first-order chi connectivity index (χ1) is 10.2. The molecule has 0 radical (unpaired) electrons. The van der Waals surface area contributed by atoms with Crippen LogP contribution in [0.2, 0.25) is 0 Å². The lowest BCUT2D eigenvalue weighted by Crippen LogP contribution is -2.38. The molecule has 0 spiro atoms. The lowest BCUT2D eigenvalue weighted by molar-refractivity contribution is -0.0334. The number of hydrogen-bond donors (Lipinski definition) is 1. The molecular formula is C15H20N4O2. The fraction of sp³-hybridized carbons (Fsp3) is 0.467. The molecule has 3 rings (SSSR count). The Morgan fingerprint density at radius 3 is 3.05 bits per heavy atom. The summed E-state index contributed by atoms with van der Waals surface area (Å²) in [5, 5.41) is 4.07. The lowest BCUT2D eigenvalue weighted by Gasteiger charge is -2.30. The molecule has 1 fully saturated rings. The Morgan fingerprint density at radius 2 is 2.29 bits per heavy atom. The second-order valence-electron chi connectivity index (χ2n) is 5.28. The van der Waals surface area contributed by atoms with Gasteiger partial charge in [0.2, 0.25) is 5.82 Å². The van der Waals surface area contributed by atoms with Gasteiger partial charge in [-0.15, -0.1) is 0 Å². The van der Waals surface area contributed by atoms with Gasteiger partial charge in [0.1, 0.15) is 6.10 Å². The van der Waals surface area contributed by atoms with Crippen molar-refractivity contribution in [3.63, 3.8) is 0 Å².